The molecule has 0 spiro atoms. The van der Waals surface area contributed by atoms with E-state index < -0.39 is 186 Å². The van der Waals surface area contributed by atoms with Gasteiger partial charge in [0.15, 0.2) is 12.6 Å². The summed E-state index contributed by atoms with van der Waals surface area (Å²) in [6, 6.07) is 2.60. The number of aliphatic carboxylic acids is 1. The first kappa shape index (κ1) is 53.3. The Morgan fingerprint density at radius 2 is 1.32 bits per heavy atom. The minimum absolute atomic E-state index is 0.0690. The van der Waals surface area contributed by atoms with Crippen LogP contribution in [0.4, 0.5) is 0 Å². The van der Waals surface area contributed by atoms with Crippen molar-refractivity contribution in [1.29, 1.82) is 0 Å². The topological polar surface area (TPSA) is 432 Å². The smallest absolute Gasteiger partial charge is 0.364 e. The van der Waals surface area contributed by atoms with E-state index in [2.05, 4.69) is 10.6 Å². The normalized spacial score (nSPS) is 40.9. The number of carbonyl (C=O) groups is 3. The fourth-order valence-electron chi connectivity index (χ4n) is 7.77. The molecule has 1 aromatic carbocycles. The molecule has 16 N–H and O–H groups in total. The maximum atomic E-state index is 13.3. The van der Waals surface area contributed by atoms with Gasteiger partial charge in [-0.05, 0) is 46.9 Å². The Hall–Kier alpha value is -2.64. The molecule has 65 heavy (non-hydrogen) atoms. The molecule has 0 radical (unpaired) electrons. The molecule has 1 aromatic rings. The zero-order chi connectivity index (χ0) is 48.1. The average Bonchev–Trinajstić information content (AvgIpc) is 3.28. The highest BCUT2D eigenvalue weighted by Gasteiger charge is 2.61. The quantitative estimate of drug-likeness (QED) is 0.0607. The van der Waals surface area contributed by atoms with Crippen LogP contribution < -0.4 is 15.4 Å². The largest absolute Gasteiger partial charge is 0.477 e. The first-order valence-electron chi connectivity index (χ1n) is 20.1. The van der Waals surface area contributed by atoms with E-state index in [1.54, 1.807) is 12.1 Å². The molecule has 4 saturated heterocycles. The Balaban J connectivity index is 1.59. The zero-order valence-electron chi connectivity index (χ0n) is 34.2. The van der Waals surface area contributed by atoms with Crippen LogP contribution in [0.25, 0.3) is 0 Å². The number of carbonyl (C=O) groups excluding carboxylic acids is 2. The Bertz CT molecular complexity index is 1720. The summed E-state index contributed by atoms with van der Waals surface area (Å²) in [5.74, 6) is -7.21. The van der Waals surface area contributed by atoms with Gasteiger partial charge in [-0.3, -0.25) is 9.59 Å². The van der Waals surface area contributed by atoms with Crippen LogP contribution in [-0.2, 0) is 47.5 Å². The standard InChI is InChI=1S/C37H55IN2O25/c1-12(46)39-22-30(63-34-27(54)26(53)24(51)17(8-42)60-34)25(52)18(9-43)59-33(22)62-29-19(10-44)61-35(58-14-4-2-13(38)3-5-14)28(55)32(29)65-37(36(56)57)6-15(47)21(40-20(49)11-45)31(64-37)23(50)16(48)7-41/h2-5,15-19,21-35,41-45,47-48,50-55H,6-11H2,1H3,(H,39,46)(H,40,49)(H,56,57)/t15?,16-,17?,18?,19?,21-,22?,23-,24+,25+,26?,27+,28?,29+,30?,31?,32?,33+,34+,35-,37+/m1/s1. The molecule has 10 unspecified atom stereocenters. The molecule has 370 valence electrons. The molecule has 5 rings (SSSR count). The van der Waals surface area contributed by atoms with Crippen LogP contribution in [-0.4, -0.2) is 251 Å². The predicted molar refractivity (Wildman–Crippen MR) is 213 cm³/mol. The number of carboxylic acids is 1. The van der Waals surface area contributed by atoms with Crippen LogP contribution in [0.5, 0.6) is 5.75 Å². The van der Waals surface area contributed by atoms with Crippen LogP contribution in [0, 0.1) is 3.57 Å². The molecule has 21 atom stereocenters. The highest BCUT2D eigenvalue weighted by molar-refractivity contribution is 14.1. The van der Waals surface area contributed by atoms with Gasteiger partial charge in [0.25, 0.3) is 5.79 Å². The van der Waals surface area contributed by atoms with Gasteiger partial charge in [0.2, 0.25) is 18.1 Å². The van der Waals surface area contributed by atoms with Crippen LogP contribution in [0.2, 0.25) is 0 Å². The summed E-state index contributed by atoms with van der Waals surface area (Å²) in [6.45, 7) is -4.25. The van der Waals surface area contributed by atoms with Gasteiger partial charge in [-0.25, -0.2) is 4.79 Å². The van der Waals surface area contributed by atoms with Crippen molar-refractivity contribution in [3.63, 3.8) is 0 Å². The van der Waals surface area contributed by atoms with Crippen molar-refractivity contribution < 1.29 is 124 Å². The lowest BCUT2D eigenvalue weighted by Gasteiger charge is -2.52. The number of hydrogen-bond acceptors (Lipinski definition) is 24. The molecule has 0 aromatic heterocycles. The van der Waals surface area contributed by atoms with E-state index in [0.717, 1.165) is 10.5 Å². The van der Waals surface area contributed by atoms with E-state index in [-0.39, 0.29) is 5.75 Å². The van der Waals surface area contributed by atoms with Gasteiger partial charge in [-0.2, -0.15) is 0 Å². The minimum atomic E-state index is -3.22. The number of benzene rings is 1. The van der Waals surface area contributed by atoms with Crippen LogP contribution in [0.1, 0.15) is 13.3 Å². The highest BCUT2D eigenvalue weighted by atomic mass is 127. The number of hydrogen-bond donors (Lipinski definition) is 16. The average molecular weight is 1050 g/mol. The first-order chi connectivity index (χ1) is 30.7. The van der Waals surface area contributed by atoms with Gasteiger partial charge in [-0.15, -0.1) is 0 Å². The van der Waals surface area contributed by atoms with Gasteiger partial charge in [0.1, 0.15) is 104 Å². The van der Waals surface area contributed by atoms with Crippen molar-refractivity contribution in [2.24, 2.45) is 0 Å². The van der Waals surface area contributed by atoms with Crippen molar-refractivity contribution in [2.45, 2.75) is 142 Å². The maximum Gasteiger partial charge on any atom is 0.364 e. The Morgan fingerprint density at radius 1 is 0.738 bits per heavy atom. The number of halogens is 1. The number of nitrogens with one attached hydrogen (secondary N) is 2. The highest BCUT2D eigenvalue weighted by Crippen LogP contribution is 2.40. The lowest BCUT2D eigenvalue weighted by molar-refractivity contribution is -0.387. The van der Waals surface area contributed by atoms with E-state index in [9.17, 15) is 85.9 Å². The van der Waals surface area contributed by atoms with Crippen molar-refractivity contribution in [3.8, 4) is 5.75 Å². The van der Waals surface area contributed by atoms with E-state index in [0.29, 0.717) is 0 Å². The molecule has 4 fully saturated rings. The lowest BCUT2D eigenvalue weighted by atomic mass is 9.88. The monoisotopic (exact) mass is 1050 g/mol. The van der Waals surface area contributed by atoms with Crippen molar-refractivity contribution in [1.82, 2.24) is 10.6 Å². The fraction of sp³-hybridized carbons (Fsp3) is 0.757. The molecule has 0 saturated carbocycles. The van der Waals surface area contributed by atoms with Crippen LogP contribution >= 0.6 is 22.6 Å². The summed E-state index contributed by atoms with van der Waals surface area (Å²) in [6.07, 6.45) is -36.6. The summed E-state index contributed by atoms with van der Waals surface area (Å²) >= 11 is 2.00. The van der Waals surface area contributed by atoms with E-state index >= 15 is 0 Å². The van der Waals surface area contributed by atoms with Gasteiger partial charge in [-0.1, -0.05) is 0 Å². The summed E-state index contributed by atoms with van der Waals surface area (Å²) in [5, 5.41) is 153. The van der Waals surface area contributed by atoms with Gasteiger partial charge < -0.3 is 120 Å². The summed E-state index contributed by atoms with van der Waals surface area (Å²) in [4.78, 5) is 38.3. The second-order valence-electron chi connectivity index (χ2n) is 15.6. The first-order valence-corrected chi connectivity index (χ1v) is 21.2. The molecule has 0 bridgehead atoms. The van der Waals surface area contributed by atoms with Gasteiger partial charge >= 0.3 is 5.97 Å². The fourth-order valence-corrected chi connectivity index (χ4v) is 8.13. The molecule has 4 heterocycles. The van der Waals surface area contributed by atoms with Crippen molar-refractivity contribution in [2.75, 3.05) is 33.0 Å². The second kappa shape index (κ2) is 23.1. The summed E-state index contributed by atoms with van der Waals surface area (Å²) in [5.41, 5.74) is 0. The molecule has 0 aliphatic carbocycles. The van der Waals surface area contributed by atoms with Gasteiger partial charge in [0.05, 0.1) is 38.6 Å². The Labute approximate surface area is 382 Å². The number of amides is 2. The van der Waals surface area contributed by atoms with Crippen LogP contribution in [0.15, 0.2) is 24.3 Å². The third kappa shape index (κ3) is 12.0. The van der Waals surface area contributed by atoms with Crippen molar-refractivity contribution >= 4 is 40.4 Å². The van der Waals surface area contributed by atoms with Crippen LogP contribution in [0.3, 0.4) is 0 Å². The Morgan fingerprint density at radius 3 is 1.89 bits per heavy atom. The molecule has 4 aliphatic heterocycles. The minimum Gasteiger partial charge on any atom is -0.477 e. The molecule has 4 aliphatic rings. The summed E-state index contributed by atoms with van der Waals surface area (Å²) < 4.78 is 47.7. The molecule has 28 heteroatoms. The predicted octanol–water partition coefficient (Wildman–Crippen LogP) is -8.59. The SMILES string of the molecule is CC(=O)NC1C(O[C@@H]2OC(CO)[C@H](O)C(O)[C@@H]2O)[C@@H](O)C(CO)O[C@H]1O[C@H]1C(CO)O[C@@H](Oc2ccc(I)cc2)C(O)C1O[C@]1(C(=O)O)CC(O)[C@@H](NC(=O)CO)C([C@H](O)[C@H](O)CO)O1. The molecular formula is C37H55IN2O25. The van der Waals surface area contributed by atoms with Crippen molar-refractivity contribution in [3.05, 3.63) is 27.8 Å². The van der Waals surface area contributed by atoms with E-state index in [1.807, 2.05) is 22.6 Å². The maximum absolute atomic E-state index is 13.3. The third-order valence-corrected chi connectivity index (χ3v) is 11.8. The van der Waals surface area contributed by atoms with E-state index in [1.165, 1.54) is 12.1 Å². The molecular weight excluding hydrogens is 999 g/mol. The lowest BCUT2D eigenvalue weighted by Crippen LogP contribution is -2.72. The van der Waals surface area contributed by atoms with Gasteiger partial charge in [0, 0.05) is 16.9 Å². The number of rotatable bonds is 18. The second-order valence-corrected chi connectivity index (χ2v) is 16.9. The number of aliphatic hydroxyl groups is 13. The Kier molecular flexibility index (Phi) is 19.0. The zero-order valence-corrected chi connectivity index (χ0v) is 36.4. The summed E-state index contributed by atoms with van der Waals surface area (Å²) in [7, 11) is 0. The number of carboxylic acid groups (broad SMARTS) is 1. The third-order valence-electron chi connectivity index (χ3n) is 11.1. The van der Waals surface area contributed by atoms with E-state index in [4.69, 9.17) is 37.9 Å². The molecule has 27 nitrogen and oxygen atoms in total. The molecule has 2 amide bonds. The number of aliphatic hydroxyl groups excluding tert-OH is 13. The number of ether oxygens (including phenoxy) is 8.